The second-order valence-electron chi connectivity index (χ2n) is 6.69. The Morgan fingerprint density at radius 3 is 2.70 bits per heavy atom. The van der Waals surface area contributed by atoms with Crippen LogP contribution in [0.15, 0.2) is 53.3 Å². The summed E-state index contributed by atoms with van der Waals surface area (Å²) in [4.78, 5) is 34.4. The quantitative estimate of drug-likeness (QED) is 0.728. The summed E-state index contributed by atoms with van der Waals surface area (Å²) in [6.45, 7) is 4.56. The molecule has 0 saturated carbocycles. The van der Waals surface area contributed by atoms with Crippen molar-refractivity contribution in [1.82, 2.24) is 14.9 Å². The van der Waals surface area contributed by atoms with Gasteiger partial charge in [-0.05, 0) is 43.7 Å². The van der Waals surface area contributed by atoms with Crippen molar-refractivity contribution in [3.63, 3.8) is 0 Å². The molecule has 1 heterocycles. The topological polar surface area (TPSA) is 75.3 Å². The molecule has 1 N–H and O–H groups in total. The van der Waals surface area contributed by atoms with Gasteiger partial charge < -0.3 is 14.6 Å². The van der Waals surface area contributed by atoms with Crippen LogP contribution in [0.4, 0.5) is 0 Å². The van der Waals surface area contributed by atoms with Crippen LogP contribution in [0.2, 0.25) is 0 Å². The van der Waals surface area contributed by atoms with Crippen molar-refractivity contribution in [2.24, 2.45) is 0 Å². The molecule has 1 aromatic heterocycles. The van der Waals surface area contributed by atoms with E-state index in [0.29, 0.717) is 28.9 Å². The highest BCUT2D eigenvalue weighted by Gasteiger charge is 2.20. The minimum atomic E-state index is -0.200. The monoisotopic (exact) mass is 365 g/mol. The smallest absolute Gasteiger partial charge is 0.258 e. The van der Waals surface area contributed by atoms with Crippen molar-refractivity contribution in [2.75, 3.05) is 7.11 Å². The molecule has 3 aromatic rings. The summed E-state index contributed by atoms with van der Waals surface area (Å²) < 4.78 is 5.15. The van der Waals surface area contributed by atoms with Gasteiger partial charge in [-0.2, -0.15) is 0 Å². The van der Waals surface area contributed by atoms with Crippen molar-refractivity contribution < 1.29 is 9.53 Å². The Morgan fingerprint density at radius 1 is 1.19 bits per heavy atom. The summed E-state index contributed by atoms with van der Waals surface area (Å²) in [6, 6.07) is 14.5. The number of aromatic nitrogens is 2. The van der Waals surface area contributed by atoms with E-state index in [4.69, 9.17) is 4.74 Å². The zero-order valence-corrected chi connectivity index (χ0v) is 15.7. The molecule has 6 heteroatoms. The summed E-state index contributed by atoms with van der Waals surface area (Å²) >= 11 is 0. The zero-order valence-electron chi connectivity index (χ0n) is 15.7. The first-order valence-corrected chi connectivity index (χ1v) is 8.86. The van der Waals surface area contributed by atoms with Gasteiger partial charge in [0, 0.05) is 18.7 Å². The lowest BCUT2D eigenvalue weighted by Crippen LogP contribution is -2.37. The maximum Gasteiger partial charge on any atom is 0.258 e. The number of fused-ring (bicyclic) bond motifs is 1. The van der Waals surface area contributed by atoms with Gasteiger partial charge in [0.15, 0.2) is 0 Å². The van der Waals surface area contributed by atoms with Gasteiger partial charge in [-0.15, -0.1) is 0 Å². The van der Waals surface area contributed by atoms with E-state index >= 15 is 0 Å². The number of ether oxygens (including phenoxy) is 1. The van der Waals surface area contributed by atoms with Crippen LogP contribution < -0.4 is 5.56 Å². The Hall–Kier alpha value is -2.99. The van der Waals surface area contributed by atoms with E-state index in [-0.39, 0.29) is 24.1 Å². The van der Waals surface area contributed by atoms with E-state index in [9.17, 15) is 9.59 Å². The summed E-state index contributed by atoms with van der Waals surface area (Å²) in [6.07, 6.45) is 0. The van der Waals surface area contributed by atoms with Gasteiger partial charge in [-0.25, -0.2) is 4.98 Å². The molecule has 1 amide bonds. The number of H-pyrrole nitrogens is 1. The largest absolute Gasteiger partial charge is 0.380 e. The number of carbonyl (C=O) groups is 1. The second kappa shape index (κ2) is 8.14. The number of hydrogen-bond donors (Lipinski definition) is 1. The molecule has 27 heavy (non-hydrogen) atoms. The Kier molecular flexibility index (Phi) is 5.66. The van der Waals surface area contributed by atoms with Crippen LogP contribution in [-0.4, -0.2) is 33.9 Å². The summed E-state index contributed by atoms with van der Waals surface area (Å²) in [5.41, 5.74) is 1.94. The highest BCUT2D eigenvalue weighted by atomic mass is 16.5. The number of nitrogens with zero attached hydrogens (tertiary/aromatic N) is 2. The molecule has 0 aliphatic heterocycles. The van der Waals surface area contributed by atoms with Gasteiger partial charge in [0.2, 0.25) is 0 Å². The molecule has 3 rings (SSSR count). The number of rotatable bonds is 6. The van der Waals surface area contributed by atoms with Crippen molar-refractivity contribution in [3.8, 4) is 0 Å². The maximum atomic E-state index is 13.1. The molecule has 0 aliphatic carbocycles. The maximum absolute atomic E-state index is 13.1. The molecule has 0 unspecified atom stereocenters. The molecule has 6 nitrogen and oxygen atoms in total. The van der Waals surface area contributed by atoms with Crippen molar-refractivity contribution in [2.45, 2.75) is 33.0 Å². The van der Waals surface area contributed by atoms with Gasteiger partial charge in [-0.1, -0.05) is 24.3 Å². The Morgan fingerprint density at radius 2 is 1.96 bits per heavy atom. The van der Waals surface area contributed by atoms with Gasteiger partial charge in [0.25, 0.3) is 11.5 Å². The minimum Gasteiger partial charge on any atom is -0.380 e. The lowest BCUT2D eigenvalue weighted by atomic mass is 10.1. The van der Waals surface area contributed by atoms with Crippen molar-refractivity contribution in [3.05, 3.63) is 75.8 Å². The second-order valence-corrected chi connectivity index (χ2v) is 6.69. The first-order valence-electron chi connectivity index (χ1n) is 8.86. The number of aromatic amines is 1. The number of carbonyl (C=O) groups excluding carboxylic acids is 1. The lowest BCUT2D eigenvalue weighted by Gasteiger charge is -2.26. The van der Waals surface area contributed by atoms with Crippen LogP contribution >= 0.6 is 0 Å². The summed E-state index contributed by atoms with van der Waals surface area (Å²) in [5, 5.41) is 0.538. The van der Waals surface area contributed by atoms with Crippen molar-refractivity contribution in [1.29, 1.82) is 0 Å². The fourth-order valence-electron chi connectivity index (χ4n) is 2.99. The first kappa shape index (κ1) is 18.8. The van der Waals surface area contributed by atoms with Gasteiger partial charge in [0.05, 0.1) is 24.1 Å². The number of nitrogens with one attached hydrogen (secondary N) is 1. The van der Waals surface area contributed by atoms with Gasteiger partial charge >= 0.3 is 0 Å². The molecular formula is C21H23N3O3. The molecule has 2 aromatic carbocycles. The Balaban J connectivity index is 1.91. The van der Waals surface area contributed by atoms with Crippen LogP contribution in [0, 0.1) is 0 Å². The molecular weight excluding hydrogens is 342 g/mol. The molecule has 0 radical (unpaired) electrons. The summed E-state index contributed by atoms with van der Waals surface area (Å²) in [5.74, 6) is 0.354. The van der Waals surface area contributed by atoms with Gasteiger partial charge in [0.1, 0.15) is 5.82 Å². The molecule has 0 spiro atoms. The number of hydrogen-bond acceptors (Lipinski definition) is 4. The lowest BCUT2D eigenvalue weighted by molar-refractivity contribution is 0.0684. The van der Waals surface area contributed by atoms with Crippen LogP contribution in [0.1, 0.15) is 35.6 Å². The van der Waals surface area contributed by atoms with E-state index < -0.39 is 0 Å². The summed E-state index contributed by atoms with van der Waals surface area (Å²) in [7, 11) is 1.62. The highest BCUT2D eigenvalue weighted by Crippen LogP contribution is 2.15. The Labute approximate surface area is 157 Å². The molecule has 0 bridgehead atoms. The number of benzene rings is 2. The predicted octanol–water partition coefficient (Wildman–Crippen LogP) is 3.12. The normalized spacial score (nSPS) is 11.1. The van der Waals surface area contributed by atoms with E-state index in [1.807, 2.05) is 38.1 Å². The van der Waals surface area contributed by atoms with E-state index in [2.05, 4.69) is 9.97 Å². The zero-order chi connectivity index (χ0) is 19.4. The minimum absolute atomic E-state index is 0.0552. The third-order valence-corrected chi connectivity index (χ3v) is 4.35. The van der Waals surface area contributed by atoms with E-state index in [0.717, 1.165) is 5.56 Å². The molecule has 0 saturated heterocycles. The third-order valence-electron chi connectivity index (χ3n) is 4.35. The average molecular weight is 365 g/mol. The molecule has 140 valence electrons. The fraction of sp³-hybridized carbons (Fsp3) is 0.286. The van der Waals surface area contributed by atoms with Crippen molar-refractivity contribution >= 4 is 16.8 Å². The number of amides is 1. The van der Waals surface area contributed by atoms with Crippen LogP contribution in [-0.2, 0) is 17.9 Å². The Bertz CT molecular complexity index is 1010. The van der Waals surface area contributed by atoms with Crippen LogP contribution in [0.5, 0.6) is 0 Å². The van der Waals surface area contributed by atoms with Crippen LogP contribution in [0.25, 0.3) is 10.9 Å². The highest BCUT2D eigenvalue weighted by molar-refractivity contribution is 5.94. The van der Waals surface area contributed by atoms with E-state index in [1.165, 1.54) is 0 Å². The SMILES string of the molecule is COCc1cccc(C(=O)N(Cc2nc3ccccc3c(=O)[nH]2)C(C)C)c1. The third kappa shape index (κ3) is 4.23. The standard InChI is InChI=1S/C21H23N3O3/c1-14(2)24(21(26)16-8-6-7-15(11-16)13-27-3)12-19-22-18-10-5-4-9-17(18)20(25)23-19/h4-11,14H,12-13H2,1-3H3,(H,22,23,25). The number of methoxy groups -OCH3 is 1. The molecule has 0 atom stereocenters. The number of para-hydroxylation sites is 1. The fourth-order valence-corrected chi connectivity index (χ4v) is 2.99. The first-order chi connectivity index (χ1) is 13.0. The van der Waals surface area contributed by atoms with E-state index in [1.54, 1.807) is 36.3 Å². The van der Waals surface area contributed by atoms with Gasteiger partial charge in [-0.3, -0.25) is 9.59 Å². The predicted molar refractivity (Wildman–Crippen MR) is 105 cm³/mol. The molecule has 0 fully saturated rings. The molecule has 0 aliphatic rings. The van der Waals surface area contributed by atoms with Crippen LogP contribution in [0.3, 0.4) is 0 Å². The average Bonchev–Trinajstić information content (AvgIpc) is 2.66.